The van der Waals surface area contributed by atoms with Gasteiger partial charge in [0.05, 0.1) is 32.2 Å². The van der Waals surface area contributed by atoms with Crippen molar-refractivity contribution in [3.05, 3.63) is 63.9 Å². The maximum atomic E-state index is 12.9. The number of benzene rings is 2. The van der Waals surface area contributed by atoms with Gasteiger partial charge in [0.2, 0.25) is 0 Å². The maximum Gasteiger partial charge on any atom is 0.267 e. The molecule has 0 fully saturated rings. The van der Waals surface area contributed by atoms with Crippen LogP contribution in [0, 0.1) is 11.3 Å². The molecule has 0 saturated heterocycles. The van der Waals surface area contributed by atoms with Gasteiger partial charge in [-0.1, -0.05) is 18.2 Å². The number of aryl methyl sites for hydroxylation is 1. The number of nitrogens with zero attached hydrogens (tertiary/aromatic N) is 2. The Hall–Kier alpha value is -3.99. The van der Waals surface area contributed by atoms with Gasteiger partial charge in [0.1, 0.15) is 11.3 Å². The first-order valence-corrected chi connectivity index (χ1v) is 9.22. The molecule has 0 spiro atoms. The number of ether oxygens (including phenoxy) is 2. The van der Waals surface area contributed by atoms with Crippen LogP contribution < -0.4 is 20.3 Å². The minimum absolute atomic E-state index is 0.0986. The van der Waals surface area contributed by atoms with E-state index in [0.29, 0.717) is 22.4 Å². The van der Waals surface area contributed by atoms with E-state index in [1.54, 1.807) is 42.5 Å². The molecule has 154 valence electrons. The third-order valence-corrected chi connectivity index (χ3v) is 4.72. The zero-order valence-electron chi connectivity index (χ0n) is 16.6. The van der Waals surface area contributed by atoms with E-state index in [0.717, 1.165) is 5.56 Å². The van der Waals surface area contributed by atoms with E-state index in [1.165, 1.54) is 18.8 Å². The second kappa shape index (κ2) is 9.01. The van der Waals surface area contributed by atoms with Crippen LogP contribution in [0.1, 0.15) is 22.3 Å². The van der Waals surface area contributed by atoms with Gasteiger partial charge < -0.3 is 24.5 Å². The number of amides is 1. The molecule has 0 atom stereocenters. The highest BCUT2D eigenvalue weighted by Crippen LogP contribution is 2.28. The molecule has 8 nitrogen and oxygen atoms in total. The van der Waals surface area contributed by atoms with Crippen molar-refractivity contribution < 1.29 is 19.4 Å². The van der Waals surface area contributed by atoms with Gasteiger partial charge in [-0.15, -0.1) is 0 Å². The summed E-state index contributed by atoms with van der Waals surface area (Å²) in [4.78, 5) is 25.7. The number of nitrogens with one attached hydrogen (secondary N) is 1. The molecule has 0 unspecified atom stereocenters. The van der Waals surface area contributed by atoms with Gasteiger partial charge in [-0.25, -0.2) is 0 Å². The zero-order valence-corrected chi connectivity index (χ0v) is 16.6. The zero-order chi connectivity index (χ0) is 21.7. The van der Waals surface area contributed by atoms with Crippen molar-refractivity contribution >= 4 is 16.8 Å². The Labute approximate surface area is 172 Å². The Kier molecular flexibility index (Phi) is 6.23. The summed E-state index contributed by atoms with van der Waals surface area (Å²) >= 11 is 0. The van der Waals surface area contributed by atoms with Crippen molar-refractivity contribution in [3.63, 3.8) is 0 Å². The molecular formula is C22H21N3O5. The fraction of sp³-hybridized carbons (Fsp3) is 0.227. The minimum atomic E-state index is -0.705. The van der Waals surface area contributed by atoms with Crippen molar-refractivity contribution in [3.8, 4) is 23.3 Å². The van der Waals surface area contributed by atoms with Crippen LogP contribution in [0.25, 0.3) is 10.9 Å². The van der Waals surface area contributed by atoms with Crippen molar-refractivity contribution in [2.75, 3.05) is 14.2 Å². The SMILES string of the molecule is COc1ccc(CNC(=O)c2c(O)c3ccccc3n(CCC#N)c2=O)cc1OC. The Bertz CT molecular complexity index is 1190. The predicted octanol–water partition coefficient (Wildman–Crippen LogP) is 2.57. The van der Waals surface area contributed by atoms with Crippen LogP contribution in [0.15, 0.2) is 47.3 Å². The van der Waals surface area contributed by atoms with E-state index >= 15 is 0 Å². The molecule has 2 aromatic carbocycles. The van der Waals surface area contributed by atoms with Crippen molar-refractivity contribution in [1.82, 2.24) is 9.88 Å². The number of nitriles is 1. The normalized spacial score (nSPS) is 10.4. The summed E-state index contributed by atoms with van der Waals surface area (Å²) in [5.41, 5.74) is 0.191. The van der Waals surface area contributed by atoms with Crippen LogP contribution in [0.3, 0.4) is 0 Å². The first-order chi connectivity index (χ1) is 14.5. The summed E-state index contributed by atoms with van der Waals surface area (Å²) in [7, 11) is 3.04. The Morgan fingerprint density at radius 3 is 2.60 bits per heavy atom. The van der Waals surface area contributed by atoms with E-state index in [4.69, 9.17) is 14.7 Å². The number of rotatable bonds is 7. The summed E-state index contributed by atoms with van der Waals surface area (Å²) in [6.45, 7) is 0.231. The summed E-state index contributed by atoms with van der Waals surface area (Å²) < 4.78 is 11.8. The Morgan fingerprint density at radius 1 is 1.17 bits per heavy atom. The van der Waals surface area contributed by atoms with Crippen LogP contribution in [-0.2, 0) is 13.1 Å². The number of para-hydroxylation sites is 1. The molecule has 3 rings (SSSR count). The average molecular weight is 407 g/mol. The topological polar surface area (TPSA) is 114 Å². The first-order valence-electron chi connectivity index (χ1n) is 9.22. The Morgan fingerprint density at radius 2 is 1.90 bits per heavy atom. The number of carbonyl (C=O) groups is 1. The number of hydrogen-bond donors (Lipinski definition) is 2. The number of fused-ring (bicyclic) bond motifs is 1. The van der Waals surface area contributed by atoms with E-state index in [9.17, 15) is 14.7 Å². The number of carbonyl (C=O) groups excluding carboxylic acids is 1. The quantitative estimate of drug-likeness (QED) is 0.622. The second-order valence-corrected chi connectivity index (χ2v) is 6.48. The van der Waals surface area contributed by atoms with E-state index < -0.39 is 11.5 Å². The van der Waals surface area contributed by atoms with Crippen molar-refractivity contribution in [2.45, 2.75) is 19.5 Å². The van der Waals surface area contributed by atoms with Gasteiger partial charge >= 0.3 is 0 Å². The van der Waals surface area contributed by atoms with E-state index in [2.05, 4.69) is 5.32 Å². The highest BCUT2D eigenvalue weighted by Gasteiger charge is 2.22. The van der Waals surface area contributed by atoms with Gasteiger partial charge in [0, 0.05) is 18.5 Å². The second-order valence-electron chi connectivity index (χ2n) is 6.48. The fourth-order valence-corrected chi connectivity index (χ4v) is 3.24. The molecule has 1 amide bonds. The monoisotopic (exact) mass is 407 g/mol. The van der Waals surface area contributed by atoms with Crippen LogP contribution >= 0.6 is 0 Å². The number of methoxy groups -OCH3 is 2. The lowest BCUT2D eigenvalue weighted by molar-refractivity contribution is 0.0946. The molecule has 30 heavy (non-hydrogen) atoms. The lowest BCUT2D eigenvalue weighted by Gasteiger charge is -2.14. The van der Waals surface area contributed by atoms with Gasteiger partial charge in [-0.2, -0.15) is 5.26 Å². The van der Waals surface area contributed by atoms with Gasteiger partial charge in [-0.3, -0.25) is 9.59 Å². The summed E-state index contributed by atoms with van der Waals surface area (Å²) in [5, 5.41) is 22.6. The highest BCUT2D eigenvalue weighted by molar-refractivity contribution is 6.02. The molecule has 2 N–H and O–H groups in total. The van der Waals surface area contributed by atoms with E-state index in [-0.39, 0.29) is 30.8 Å². The number of aromatic nitrogens is 1. The molecule has 0 bridgehead atoms. The van der Waals surface area contributed by atoms with Gasteiger partial charge in [0.15, 0.2) is 11.5 Å². The summed E-state index contributed by atoms with van der Waals surface area (Å²) in [6, 6.07) is 13.9. The molecule has 0 saturated carbocycles. The van der Waals surface area contributed by atoms with Gasteiger partial charge in [0.25, 0.3) is 11.5 Å². The predicted molar refractivity (Wildman–Crippen MR) is 111 cm³/mol. The minimum Gasteiger partial charge on any atom is -0.506 e. The van der Waals surface area contributed by atoms with Crippen LogP contribution in [0.2, 0.25) is 0 Å². The number of aromatic hydroxyl groups is 1. The maximum absolute atomic E-state index is 12.9. The summed E-state index contributed by atoms with van der Waals surface area (Å²) in [6.07, 6.45) is 0.0986. The number of pyridine rings is 1. The van der Waals surface area contributed by atoms with Crippen molar-refractivity contribution in [1.29, 1.82) is 5.26 Å². The van der Waals surface area contributed by atoms with Crippen LogP contribution in [-0.4, -0.2) is 29.8 Å². The largest absolute Gasteiger partial charge is 0.506 e. The molecule has 0 aliphatic carbocycles. The molecule has 1 aromatic heterocycles. The molecule has 0 aliphatic heterocycles. The van der Waals surface area contributed by atoms with Crippen molar-refractivity contribution in [2.24, 2.45) is 0 Å². The molecular weight excluding hydrogens is 386 g/mol. The first kappa shape index (κ1) is 20.7. The lowest BCUT2D eigenvalue weighted by atomic mass is 10.1. The van der Waals surface area contributed by atoms with Crippen LogP contribution in [0.4, 0.5) is 0 Å². The van der Waals surface area contributed by atoms with Gasteiger partial charge in [-0.05, 0) is 29.8 Å². The highest BCUT2D eigenvalue weighted by atomic mass is 16.5. The third kappa shape index (κ3) is 3.91. The number of hydrogen-bond acceptors (Lipinski definition) is 6. The molecule has 0 radical (unpaired) electrons. The molecule has 3 aromatic rings. The summed E-state index contributed by atoms with van der Waals surface area (Å²) in [5.74, 6) is -0.0193. The molecule has 0 aliphatic rings. The Balaban J connectivity index is 1.95. The smallest absolute Gasteiger partial charge is 0.267 e. The average Bonchev–Trinajstić information content (AvgIpc) is 2.77. The third-order valence-electron chi connectivity index (χ3n) is 4.72. The van der Waals surface area contributed by atoms with Crippen LogP contribution in [0.5, 0.6) is 17.2 Å². The van der Waals surface area contributed by atoms with E-state index in [1.807, 2.05) is 6.07 Å². The lowest BCUT2D eigenvalue weighted by Crippen LogP contribution is -2.33. The standard InChI is InChI=1S/C22H21N3O5/c1-29-17-9-8-14(12-18(17)30-2)13-24-21(27)19-20(26)15-6-3-4-7-16(15)25(22(19)28)11-5-10-23/h3-4,6-9,12,26H,5,11,13H2,1-2H3,(H,24,27). The molecule has 8 heteroatoms. The molecule has 1 heterocycles. The fourth-order valence-electron chi connectivity index (χ4n) is 3.24.